The zero-order chi connectivity index (χ0) is 14.4. The van der Waals surface area contributed by atoms with Crippen molar-refractivity contribution in [2.45, 2.75) is 45.1 Å². The van der Waals surface area contributed by atoms with Crippen molar-refractivity contribution in [1.82, 2.24) is 19.7 Å². The lowest BCUT2D eigenvalue weighted by atomic mass is 9.86. The van der Waals surface area contributed by atoms with E-state index < -0.39 is 0 Å². The van der Waals surface area contributed by atoms with Crippen molar-refractivity contribution in [2.24, 2.45) is 5.41 Å². The van der Waals surface area contributed by atoms with Crippen molar-refractivity contribution in [2.75, 3.05) is 20.2 Å². The van der Waals surface area contributed by atoms with Crippen LogP contribution < -0.4 is 0 Å². The van der Waals surface area contributed by atoms with Crippen molar-refractivity contribution in [1.29, 1.82) is 0 Å². The van der Waals surface area contributed by atoms with Gasteiger partial charge in [-0.15, -0.1) is 0 Å². The fourth-order valence-electron chi connectivity index (χ4n) is 3.01. The highest BCUT2D eigenvalue weighted by atomic mass is 16.3. The molecular formula is C14H24N4O2. The number of amides is 1. The first kappa shape index (κ1) is 15.0. The largest absolute Gasteiger partial charge is 0.396 e. The lowest BCUT2D eigenvalue weighted by molar-refractivity contribution is -0.131. The molecule has 0 atom stereocenters. The van der Waals surface area contributed by atoms with Crippen LogP contribution in [0.3, 0.4) is 0 Å². The van der Waals surface area contributed by atoms with E-state index in [0.29, 0.717) is 19.5 Å². The molecule has 0 aliphatic heterocycles. The first-order valence-electron chi connectivity index (χ1n) is 7.32. The summed E-state index contributed by atoms with van der Waals surface area (Å²) in [6, 6.07) is 0. The molecule has 112 valence electrons. The van der Waals surface area contributed by atoms with E-state index in [0.717, 1.165) is 32.1 Å². The summed E-state index contributed by atoms with van der Waals surface area (Å²) in [5.74, 6) is 0.143. The third-order valence-corrected chi connectivity index (χ3v) is 4.24. The molecule has 1 aliphatic rings. The molecule has 2 rings (SSSR count). The summed E-state index contributed by atoms with van der Waals surface area (Å²) < 4.78 is 1.74. The van der Waals surface area contributed by atoms with Gasteiger partial charge < -0.3 is 10.0 Å². The number of aliphatic hydroxyl groups is 1. The van der Waals surface area contributed by atoms with Crippen molar-refractivity contribution in [3.05, 3.63) is 12.7 Å². The first-order chi connectivity index (χ1) is 9.65. The van der Waals surface area contributed by atoms with E-state index in [-0.39, 0.29) is 17.9 Å². The zero-order valence-corrected chi connectivity index (χ0v) is 12.2. The maximum atomic E-state index is 12.1. The van der Waals surface area contributed by atoms with Crippen LogP contribution in [0.1, 0.15) is 38.5 Å². The lowest BCUT2D eigenvalue weighted by Gasteiger charge is -2.31. The molecular weight excluding hydrogens is 256 g/mol. The van der Waals surface area contributed by atoms with Gasteiger partial charge in [-0.2, -0.15) is 5.10 Å². The molecule has 1 amide bonds. The van der Waals surface area contributed by atoms with Crippen LogP contribution in [0, 0.1) is 5.41 Å². The van der Waals surface area contributed by atoms with Gasteiger partial charge in [0.15, 0.2) is 0 Å². The smallest absolute Gasteiger partial charge is 0.222 e. The van der Waals surface area contributed by atoms with Gasteiger partial charge in [-0.1, -0.05) is 12.8 Å². The molecule has 6 nitrogen and oxygen atoms in total. The Morgan fingerprint density at radius 2 is 2.20 bits per heavy atom. The fraction of sp³-hybridized carbons (Fsp3) is 0.786. The Hall–Kier alpha value is -1.43. The van der Waals surface area contributed by atoms with E-state index in [9.17, 15) is 9.90 Å². The number of carbonyl (C=O) groups is 1. The minimum absolute atomic E-state index is 0.0592. The van der Waals surface area contributed by atoms with Crippen molar-refractivity contribution < 1.29 is 9.90 Å². The van der Waals surface area contributed by atoms with E-state index in [1.807, 2.05) is 7.05 Å². The highest BCUT2D eigenvalue weighted by Crippen LogP contribution is 2.38. The maximum Gasteiger partial charge on any atom is 0.222 e. The second-order valence-electron chi connectivity index (χ2n) is 5.88. The number of hydrogen-bond donors (Lipinski definition) is 1. The quantitative estimate of drug-likeness (QED) is 0.811. The molecule has 1 fully saturated rings. The second-order valence-corrected chi connectivity index (χ2v) is 5.88. The van der Waals surface area contributed by atoms with Crippen LogP contribution in [-0.4, -0.2) is 50.9 Å². The predicted molar refractivity (Wildman–Crippen MR) is 74.9 cm³/mol. The van der Waals surface area contributed by atoms with Crippen LogP contribution in [-0.2, 0) is 11.3 Å². The van der Waals surface area contributed by atoms with Crippen molar-refractivity contribution in [3.63, 3.8) is 0 Å². The van der Waals surface area contributed by atoms with Crippen LogP contribution in [0.25, 0.3) is 0 Å². The predicted octanol–water partition coefficient (Wildman–Crippen LogP) is 1.07. The number of aromatic nitrogens is 3. The number of hydrogen-bond acceptors (Lipinski definition) is 4. The minimum Gasteiger partial charge on any atom is -0.396 e. The van der Waals surface area contributed by atoms with E-state index in [1.165, 1.54) is 6.33 Å². The molecule has 20 heavy (non-hydrogen) atoms. The van der Waals surface area contributed by atoms with E-state index >= 15 is 0 Å². The monoisotopic (exact) mass is 280 g/mol. The summed E-state index contributed by atoms with van der Waals surface area (Å²) in [7, 11) is 1.84. The van der Waals surface area contributed by atoms with Gasteiger partial charge in [0.25, 0.3) is 0 Å². The second kappa shape index (κ2) is 6.83. The van der Waals surface area contributed by atoms with Gasteiger partial charge in [-0.3, -0.25) is 9.48 Å². The Bertz CT molecular complexity index is 413. The topological polar surface area (TPSA) is 71.2 Å². The van der Waals surface area contributed by atoms with Gasteiger partial charge >= 0.3 is 0 Å². The number of nitrogens with zero attached hydrogens (tertiary/aromatic N) is 4. The summed E-state index contributed by atoms with van der Waals surface area (Å²) in [5.41, 5.74) is -0.0592. The van der Waals surface area contributed by atoms with Gasteiger partial charge in [0, 0.05) is 32.0 Å². The molecule has 1 aliphatic carbocycles. The summed E-state index contributed by atoms with van der Waals surface area (Å²) in [6.07, 6.45) is 8.81. The normalized spacial score (nSPS) is 17.3. The third kappa shape index (κ3) is 3.79. The summed E-state index contributed by atoms with van der Waals surface area (Å²) >= 11 is 0. The maximum absolute atomic E-state index is 12.1. The summed E-state index contributed by atoms with van der Waals surface area (Å²) in [6.45, 7) is 1.57. The molecule has 1 heterocycles. The molecule has 6 heteroatoms. The SMILES string of the molecule is CN(CC1(CO)CCCC1)C(=O)CCCn1cncn1. The van der Waals surface area contributed by atoms with E-state index in [1.54, 1.807) is 15.9 Å². The van der Waals surface area contributed by atoms with Gasteiger partial charge in [-0.05, 0) is 19.3 Å². The van der Waals surface area contributed by atoms with Crippen LogP contribution in [0.15, 0.2) is 12.7 Å². The van der Waals surface area contributed by atoms with Gasteiger partial charge in [0.2, 0.25) is 5.91 Å². The van der Waals surface area contributed by atoms with Crippen LogP contribution in [0.4, 0.5) is 0 Å². The summed E-state index contributed by atoms with van der Waals surface area (Å²) in [5, 5.41) is 13.6. The fourth-order valence-corrected chi connectivity index (χ4v) is 3.01. The van der Waals surface area contributed by atoms with Gasteiger partial charge in [0.05, 0.1) is 6.61 Å². The molecule has 1 N–H and O–H groups in total. The summed E-state index contributed by atoms with van der Waals surface area (Å²) in [4.78, 5) is 17.8. The standard InChI is InChI=1S/C14H24N4O2/c1-17(9-14(10-19)6-2-3-7-14)13(20)5-4-8-18-12-15-11-16-18/h11-12,19H,2-10H2,1H3. The Morgan fingerprint density at radius 1 is 1.45 bits per heavy atom. The van der Waals surface area contributed by atoms with Crippen molar-refractivity contribution in [3.8, 4) is 0 Å². The van der Waals surface area contributed by atoms with Crippen molar-refractivity contribution >= 4 is 5.91 Å². The number of rotatable bonds is 7. The van der Waals surface area contributed by atoms with E-state index in [4.69, 9.17) is 0 Å². The molecule has 0 aromatic carbocycles. The van der Waals surface area contributed by atoms with E-state index in [2.05, 4.69) is 10.1 Å². The Kier molecular flexibility index (Phi) is 5.11. The molecule has 1 saturated carbocycles. The zero-order valence-electron chi connectivity index (χ0n) is 12.2. The molecule has 0 spiro atoms. The average molecular weight is 280 g/mol. The highest BCUT2D eigenvalue weighted by Gasteiger charge is 2.35. The molecule has 0 bridgehead atoms. The molecule has 0 saturated heterocycles. The Morgan fingerprint density at radius 3 is 2.80 bits per heavy atom. The van der Waals surface area contributed by atoms with Gasteiger partial charge in [-0.25, -0.2) is 4.98 Å². The van der Waals surface area contributed by atoms with Crippen LogP contribution in [0.5, 0.6) is 0 Å². The van der Waals surface area contributed by atoms with Gasteiger partial charge in [0.1, 0.15) is 12.7 Å². The molecule has 0 radical (unpaired) electrons. The molecule has 0 unspecified atom stereocenters. The minimum atomic E-state index is -0.0592. The highest BCUT2D eigenvalue weighted by molar-refractivity contribution is 5.75. The van der Waals surface area contributed by atoms with Crippen LogP contribution in [0.2, 0.25) is 0 Å². The van der Waals surface area contributed by atoms with Crippen LogP contribution >= 0.6 is 0 Å². The number of carbonyl (C=O) groups excluding carboxylic acids is 1. The lowest BCUT2D eigenvalue weighted by Crippen LogP contribution is -2.39. The average Bonchev–Trinajstić information content (AvgIpc) is 3.10. The molecule has 1 aromatic heterocycles. The Balaban J connectivity index is 1.74. The third-order valence-electron chi connectivity index (χ3n) is 4.24. The Labute approximate surface area is 119 Å². The number of aryl methyl sites for hydroxylation is 1. The first-order valence-corrected chi connectivity index (χ1v) is 7.32. The number of aliphatic hydroxyl groups excluding tert-OH is 1. The molecule has 1 aromatic rings.